The Morgan fingerprint density at radius 3 is 2.84 bits per heavy atom. The van der Waals surface area contributed by atoms with Crippen molar-refractivity contribution in [1.29, 1.82) is 0 Å². The van der Waals surface area contributed by atoms with Crippen LogP contribution in [0, 0.1) is 0 Å². The van der Waals surface area contributed by atoms with Gasteiger partial charge in [-0.15, -0.1) is 0 Å². The van der Waals surface area contributed by atoms with Gasteiger partial charge in [0.2, 0.25) is 5.91 Å². The molecule has 0 aliphatic carbocycles. The Balaban J connectivity index is 2.69. The molecule has 0 aromatic heterocycles. The zero-order chi connectivity index (χ0) is 14.3. The van der Waals surface area contributed by atoms with Crippen molar-refractivity contribution in [2.45, 2.75) is 39.2 Å². The van der Waals surface area contributed by atoms with Crippen molar-refractivity contribution in [1.82, 2.24) is 0 Å². The molecule has 0 saturated carbocycles. The van der Waals surface area contributed by atoms with E-state index in [1.165, 1.54) is 0 Å². The number of hydrogen-bond acceptors (Lipinski definition) is 3. The van der Waals surface area contributed by atoms with E-state index in [0.717, 1.165) is 12.8 Å². The molecule has 1 aromatic carbocycles. The van der Waals surface area contributed by atoms with Crippen molar-refractivity contribution in [2.75, 3.05) is 11.9 Å². The fourth-order valence-corrected chi connectivity index (χ4v) is 1.97. The van der Waals surface area contributed by atoms with E-state index in [9.17, 15) is 4.79 Å². The van der Waals surface area contributed by atoms with E-state index in [1.807, 2.05) is 13.8 Å². The van der Waals surface area contributed by atoms with Crippen LogP contribution in [0.3, 0.4) is 0 Å². The fourth-order valence-electron chi connectivity index (χ4n) is 1.79. The molecule has 0 bridgehead atoms. The number of rotatable bonds is 7. The van der Waals surface area contributed by atoms with Gasteiger partial charge < -0.3 is 15.8 Å². The summed E-state index contributed by atoms with van der Waals surface area (Å²) < 4.78 is 5.44. The Hall–Kier alpha value is -1.26. The topological polar surface area (TPSA) is 64.4 Å². The number of halogens is 1. The van der Waals surface area contributed by atoms with Gasteiger partial charge in [-0.2, -0.15) is 0 Å². The monoisotopic (exact) mass is 284 g/mol. The summed E-state index contributed by atoms with van der Waals surface area (Å²) in [6.45, 7) is 4.46. The van der Waals surface area contributed by atoms with Crippen molar-refractivity contribution in [3.05, 3.63) is 23.2 Å². The molecular formula is C14H21ClN2O2. The third-order valence-corrected chi connectivity index (χ3v) is 2.86. The van der Waals surface area contributed by atoms with Crippen LogP contribution in [0.1, 0.15) is 33.1 Å². The molecule has 1 aromatic rings. The van der Waals surface area contributed by atoms with E-state index in [2.05, 4.69) is 5.32 Å². The molecular weight excluding hydrogens is 264 g/mol. The normalized spacial score (nSPS) is 12.0. The fraction of sp³-hybridized carbons (Fsp3) is 0.500. The van der Waals surface area contributed by atoms with Crippen LogP contribution in [-0.4, -0.2) is 18.6 Å². The predicted octanol–water partition coefficient (Wildman–Crippen LogP) is 3.19. The Morgan fingerprint density at radius 2 is 2.21 bits per heavy atom. The van der Waals surface area contributed by atoms with Gasteiger partial charge in [-0.05, 0) is 31.5 Å². The molecule has 106 valence electrons. The summed E-state index contributed by atoms with van der Waals surface area (Å²) in [5, 5.41) is 3.35. The second-order valence-electron chi connectivity index (χ2n) is 4.37. The Bertz CT molecular complexity index is 424. The third kappa shape index (κ3) is 5.49. The van der Waals surface area contributed by atoms with E-state index < -0.39 is 0 Å². The summed E-state index contributed by atoms with van der Waals surface area (Å²) in [4.78, 5) is 11.9. The molecule has 19 heavy (non-hydrogen) atoms. The molecule has 0 aliphatic rings. The Kier molecular flexibility index (Phi) is 6.67. The predicted molar refractivity (Wildman–Crippen MR) is 78.8 cm³/mol. The van der Waals surface area contributed by atoms with Crippen molar-refractivity contribution < 1.29 is 9.53 Å². The van der Waals surface area contributed by atoms with Gasteiger partial charge in [0.15, 0.2) is 0 Å². The Morgan fingerprint density at radius 1 is 1.47 bits per heavy atom. The molecule has 0 heterocycles. The quantitative estimate of drug-likeness (QED) is 0.808. The van der Waals surface area contributed by atoms with E-state index in [0.29, 0.717) is 29.5 Å². The second-order valence-corrected chi connectivity index (χ2v) is 4.81. The molecule has 5 heteroatoms. The summed E-state index contributed by atoms with van der Waals surface area (Å²) in [7, 11) is 0. The molecule has 0 aliphatic heterocycles. The number of carbonyl (C=O) groups is 1. The van der Waals surface area contributed by atoms with Gasteiger partial charge >= 0.3 is 0 Å². The lowest BCUT2D eigenvalue weighted by Crippen LogP contribution is -2.27. The highest BCUT2D eigenvalue weighted by Crippen LogP contribution is 2.28. The number of anilines is 1. The van der Waals surface area contributed by atoms with Crippen LogP contribution in [0.15, 0.2) is 18.2 Å². The van der Waals surface area contributed by atoms with E-state index in [-0.39, 0.29) is 11.9 Å². The molecule has 0 spiro atoms. The zero-order valence-electron chi connectivity index (χ0n) is 11.4. The van der Waals surface area contributed by atoms with Gasteiger partial charge in [0.05, 0.1) is 12.3 Å². The second kappa shape index (κ2) is 8.02. The van der Waals surface area contributed by atoms with Crippen LogP contribution >= 0.6 is 11.6 Å². The lowest BCUT2D eigenvalue weighted by Gasteiger charge is -2.14. The first-order valence-corrected chi connectivity index (χ1v) is 6.92. The van der Waals surface area contributed by atoms with Crippen molar-refractivity contribution >= 4 is 23.2 Å². The molecule has 1 amide bonds. The van der Waals surface area contributed by atoms with Crippen LogP contribution in [0.5, 0.6) is 5.75 Å². The number of benzene rings is 1. The summed E-state index contributed by atoms with van der Waals surface area (Å²) in [5.74, 6) is 0.494. The summed E-state index contributed by atoms with van der Waals surface area (Å²) in [6.07, 6.45) is 2.10. The molecule has 3 N–H and O–H groups in total. The highest BCUT2D eigenvalue weighted by atomic mass is 35.5. The molecule has 0 radical (unpaired) electrons. The maximum atomic E-state index is 11.9. The molecule has 1 unspecified atom stereocenters. The van der Waals surface area contributed by atoms with Crippen molar-refractivity contribution in [3.63, 3.8) is 0 Å². The smallest absolute Gasteiger partial charge is 0.226 e. The first kappa shape index (κ1) is 15.8. The average Bonchev–Trinajstić information content (AvgIpc) is 2.32. The first-order valence-electron chi connectivity index (χ1n) is 6.54. The van der Waals surface area contributed by atoms with Gasteiger partial charge in [-0.3, -0.25) is 4.79 Å². The summed E-state index contributed by atoms with van der Waals surface area (Å²) >= 11 is 5.92. The third-order valence-electron chi connectivity index (χ3n) is 2.62. The Labute approximate surface area is 119 Å². The van der Waals surface area contributed by atoms with Crippen LogP contribution in [0.2, 0.25) is 5.02 Å². The van der Waals surface area contributed by atoms with Gasteiger partial charge in [0.1, 0.15) is 5.75 Å². The number of amides is 1. The van der Waals surface area contributed by atoms with Crippen LogP contribution in [0.25, 0.3) is 0 Å². The highest BCUT2D eigenvalue weighted by molar-refractivity contribution is 6.31. The van der Waals surface area contributed by atoms with Gasteiger partial charge in [-0.1, -0.05) is 24.9 Å². The number of ether oxygens (including phenoxy) is 1. The van der Waals surface area contributed by atoms with Gasteiger partial charge in [0.25, 0.3) is 0 Å². The maximum Gasteiger partial charge on any atom is 0.226 e. The minimum atomic E-state index is -0.121. The van der Waals surface area contributed by atoms with E-state index in [4.69, 9.17) is 22.1 Å². The highest BCUT2D eigenvalue weighted by Gasteiger charge is 2.12. The van der Waals surface area contributed by atoms with Gasteiger partial charge in [0, 0.05) is 17.5 Å². The van der Waals surface area contributed by atoms with E-state index >= 15 is 0 Å². The lowest BCUT2D eigenvalue weighted by atomic mass is 10.1. The summed E-state index contributed by atoms with van der Waals surface area (Å²) in [6, 6.07) is 5.04. The largest absolute Gasteiger partial charge is 0.492 e. The number of hydrogen-bond donors (Lipinski definition) is 2. The SMILES string of the molecule is CCCC(N)CC(=O)Nc1cc(Cl)ccc1OCC. The molecule has 4 nitrogen and oxygen atoms in total. The molecule has 1 rings (SSSR count). The lowest BCUT2D eigenvalue weighted by molar-refractivity contribution is -0.116. The number of carbonyl (C=O) groups excluding carboxylic acids is 1. The minimum Gasteiger partial charge on any atom is -0.492 e. The van der Waals surface area contributed by atoms with Crippen LogP contribution < -0.4 is 15.8 Å². The number of nitrogens with one attached hydrogen (secondary N) is 1. The maximum absolute atomic E-state index is 11.9. The molecule has 0 saturated heterocycles. The minimum absolute atomic E-state index is 0.111. The molecule has 0 fully saturated rings. The average molecular weight is 285 g/mol. The standard InChI is InChI=1S/C14H21ClN2O2/c1-3-5-11(16)9-14(18)17-12-8-10(15)6-7-13(12)19-4-2/h6-8,11H,3-5,9,16H2,1-2H3,(H,17,18). The van der Waals surface area contributed by atoms with E-state index in [1.54, 1.807) is 18.2 Å². The van der Waals surface area contributed by atoms with Crippen molar-refractivity contribution in [2.24, 2.45) is 5.73 Å². The zero-order valence-corrected chi connectivity index (χ0v) is 12.2. The number of nitrogens with two attached hydrogens (primary N) is 1. The first-order chi connectivity index (χ1) is 9.06. The molecule has 1 atom stereocenters. The van der Waals surface area contributed by atoms with Crippen molar-refractivity contribution in [3.8, 4) is 5.75 Å². The summed E-state index contributed by atoms with van der Waals surface area (Å²) in [5.41, 5.74) is 6.43. The van der Waals surface area contributed by atoms with Crippen LogP contribution in [0.4, 0.5) is 5.69 Å². The van der Waals surface area contributed by atoms with Gasteiger partial charge in [-0.25, -0.2) is 0 Å². The van der Waals surface area contributed by atoms with Crippen LogP contribution in [-0.2, 0) is 4.79 Å².